The van der Waals surface area contributed by atoms with Crippen LogP contribution in [0.3, 0.4) is 0 Å². The predicted molar refractivity (Wildman–Crippen MR) is 101 cm³/mol. The maximum atomic E-state index is 12.8. The first-order chi connectivity index (χ1) is 12.9. The van der Waals surface area contributed by atoms with Gasteiger partial charge in [0.2, 0.25) is 5.91 Å². The second kappa shape index (κ2) is 7.80. The summed E-state index contributed by atoms with van der Waals surface area (Å²) in [7, 11) is 0. The summed E-state index contributed by atoms with van der Waals surface area (Å²) in [6, 6.07) is 12.3. The standard InChI is InChI=1S/C20H19ClN2O4/c1-12(20(26)27)22-18(24)17(10-13-6-8-15(21)9-7-13)23-11-14-4-2-3-5-16(14)19(23)25/h2-9,12,17H,10-11H2,1H3,(H,22,24)(H,26,27)/t12-,17-/m0/s1. The van der Waals surface area contributed by atoms with Gasteiger partial charge in [-0.2, -0.15) is 0 Å². The second-order valence-electron chi connectivity index (χ2n) is 6.51. The molecule has 0 aliphatic carbocycles. The van der Waals surface area contributed by atoms with Gasteiger partial charge in [0.05, 0.1) is 0 Å². The van der Waals surface area contributed by atoms with Gasteiger partial charge < -0.3 is 15.3 Å². The number of halogens is 1. The number of fused-ring (bicyclic) bond motifs is 1. The van der Waals surface area contributed by atoms with E-state index in [4.69, 9.17) is 16.7 Å². The first-order valence-corrected chi connectivity index (χ1v) is 8.91. The topological polar surface area (TPSA) is 86.7 Å². The molecule has 0 unspecified atom stereocenters. The van der Waals surface area contributed by atoms with Crippen LogP contribution in [-0.4, -0.2) is 39.9 Å². The van der Waals surface area contributed by atoms with Crippen molar-refractivity contribution in [3.63, 3.8) is 0 Å². The number of benzene rings is 2. The van der Waals surface area contributed by atoms with Gasteiger partial charge in [-0.3, -0.25) is 14.4 Å². The molecule has 0 fully saturated rings. The van der Waals surface area contributed by atoms with Crippen LogP contribution in [0.15, 0.2) is 48.5 Å². The van der Waals surface area contributed by atoms with Crippen LogP contribution in [-0.2, 0) is 22.6 Å². The molecule has 2 aromatic carbocycles. The minimum atomic E-state index is -1.13. The Bertz CT molecular complexity index is 882. The van der Waals surface area contributed by atoms with Crippen LogP contribution in [0.5, 0.6) is 0 Å². The Kier molecular flexibility index (Phi) is 5.46. The highest BCUT2D eigenvalue weighted by molar-refractivity contribution is 6.30. The normalized spacial score (nSPS) is 15.2. The Morgan fingerprint density at radius 3 is 2.48 bits per heavy atom. The van der Waals surface area contributed by atoms with Crippen molar-refractivity contribution in [1.29, 1.82) is 0 Å². The van der Waals surface area contributed by atoms with Crippen LogP contribution >= 0.6 is 11.6 Å². The van der Waals surface area contributed by atoms with Gasteiger partial charge in [-0.05, 0) is 36.2 Å². The molecule has 2 atom stereocenters. The van der Waals surface area contributed by atoms with Crippen molar-refractivity contribution in [1.82, 2.24) is 10.2 Å². The second-order valence-corrected chi connectivity index (χ2v) is 6.94. The number of carboxylic acid groups (broad SMARTS) is 1. The van der Waals surface area contributed by atoms with Gasteiger partial charge in [0.15, 0.2) is 0 Å². The predicted octanol–water partition coefficient (Wildman–Crippen LogP) is 2.50. The molecule has 2 amide bonds. The molecule has 1 aliphatic rings. The average Bonchev–Trinajstić information content (AvgIpc) is 2.98. The van der Waals surface area contributed by atoms with Gasteiger partial charge in [0.25, 0.3) is 5.91 Å². The molecule has 1 heterocycles. The van der Waals surface area contributed by atoms with Crippen molar-refractivity contribution >= 4 is 29.4 Å². The van der Waals surface area contributed by atoms with Crippen LogP contribution in [0.1, 0.15) is 28.4 Å². The highest BCUT2D eigenvalue weighted by Crippen LogP contribution is 2.26. The fourth-order valence-corrected chi connectivity index (χ4v) is 3.21. The number of hydrogen-bond donors (Lipinski definition) is 2. The van der Waals surface area contributed by atoms with E-state index >= 15 is 0 Å². The first-order valence-electron chi connectivity index (χ1n) is 8.53. The molecule has 0 aromatic heterocycles. The molecule has 27 heavy (non-hydrogen) atoms. The number of carboxylic acids is 1. The number of nitrogens with zero attached hydrogens (tertiary/aromatic N) is 1. The molecule has 2 aromatic rings. The lowest BCUT2D eigenvalue weighted by Gasteiger charge is -2.28. The highest BCUT2D eigenvalue weighted by atomic mass is 35.5. The van der Waals surface area contributed by atoms with Crippen molar-refractivity contribution in [3.8, 4) is 0 Å². The summed E-state index contributed by atoms with van der Waals surface area (Å²) in [5.41, 5.74) is 2.24. The van der Waals surface area contributed by atoms with Crippen molar-refractivity contribution < 1.29 is 19.5 Å². The molecule has 0 radical (unpaired) electrons. The molecule has 7 heteroatoms. The molecule has 0 bridgehead atoms. The van der Waals surface area contributed by atoms with Crippen LogP contribution < -0.4 is 5.32 Å². The number of carbonyl (C=O) groups excluding carboxylic acids is 2. The average molecular weight is 387 g/mol. The molecular formula is C20H19ClN2O4. The highest BCUT2D eigenvalue weighted by Gasteiger charge is 2.37. The summed E-state index contributed by atoms with van der Waals surface area (Å²) < 4.78 is 0. The maximum Gasteiger partial charge on any atom is 0.325 e. The van der Waals surface area contributed by atoms with E-state index in [1.54, 1.807) is 36.4 Å². The zero-order valence-corrected chi connectivity index (χ0v) is 15.4. The third-order valence-electron chi connectivity index (χ3n) is 4.60. The Morgan fingerprint density at radius 1 is 1.19 bits per heavy atom. The van der Waals surface area contributed by atoms with E-state index in [0.29, 0.717) is 17.1 Å². The molecule has 2 N–H and O–H groups in total. The van der Waals surface area contributed by atoms with Crippen LogP contribution in [0.2, 0.25) is 5.02 Å². The third kappa shape index (κ3) is 4.11. The minimum Gasteiger partial charge on any atom is -0.480 e. The lowest BCUT2D eigenvalue weighted by Crippen LogP contribution is -2.51. The first kappa shape index (κ1) is 18.9. The van der Waals surface area contributed by atoms with Gasteiger partial charge in [-0.25, -0.2) is 0 Å². The van der Waals surface area contributed by atoms with Crippen LogP contribution in [0, 0.1) is 0 Å². The number of aliphatic carboxylic acids is 1. The Hall–Kier alpha value is -2.86. The molecular weight excluding hydrogens is 368 g/mol. The van der Waals surface area contributed by atoms with E-state index in [1.165, 1.54) is 11.8 Å². The van der Waals surface area contributed by atoms with Gasteiger partial charge in [-0.15, -0.1) is 0 Å². The quantitative estimate of drug-likeness (QED) is 0.798. The van der Waals surface area contributed by atoms with Crippen LogP contribution in [0.4, 0.5) is 0 Å². The van der Waals surface area contributed by atoms with Gasteiger partial charge in [0.1, 0.15) is 12.1 Å². The molecule has 3 rings (SSSR count). The zero-order chi connectivity index (χ0) is 19.6. The molecule has 1 aliphatic heterocycles. The van der Waals surface area contributed by atoms with Crippen LogP contribution in [0.25, 0.3) is 0 Å². The number of hydrogen-bond acceptors (Lipinski definition) is 3. The van der Waals surface area contributed by atoms with E-state index in [2.05, 4.69) is 5.32 Å². The molecule has 0 saturated heterocycles. The van der Waals surface area contributed by atoms with E-state index in [0.717, 1.165) is 11.1 Å². The third-order valence-corrected chi connectivity index (χ3v) is 4.85. The van der Waals surface area contributed by atoms with Crippen molar-refractivity contribution in [3.05, 3.63) is 70.2 Å². The Balaban J connectivity index is 1.88. The molecule has 0 spiro atoms. The monoisotopic (exact) mass is 386 g/mol. The number of rotatable bonds is 6. The van der Waals surface area contributed by atoms with E-state index in [1.807, 2.05) is 12.1 Å². The fourth-order valence-electron chi connectivity index (χ4n) is 3.09. The smallest absolute Gasteiger partial charge is 0.325 e. The van der Waals surface area contributed by atoms with Crippen molar-refractivity contribution in [2.45, 2.75) is 32.0 Å². The largest absolute Gasteiger partial charge is 0.480 e. The molecule has 0 saturated carbocycles. The maximum absolute atomic E-state index is 12.8. The summed E-state index contributed by atoms with van der Waals surface area (Å²) in [5, 5.41) is 12.1. The summed E-state index contributed by atoms with van der Waals surface area (Å²) >= 11 is 5.92. The summed E-state index contributed by atoms with van der Waals surface area (Å²) in [6.07, 6.45) is 0.259. The zero-order valence-electron chi connectivity index (χ0n) is 14.7. The molecule has 140 valence electrons. The van der Waals surface area contributed by atoms with Gasteiger partial charge in [-0.1, -0.05) is 41.9 Å². The summed E-state index contributed by atoms with van der Waals surface area (Å²) in [4.78, 5) is 38.2. The fraction of sp³-hybridized carbons (Fsp3) is 0.250. The SMILES string of the molecule is C[C@H](NC(=O)[C@H](Cc1ccc(Cl)cc1)N1Cc2ccccc2C1=O)C(=O)O. The van der Waals surface area contributed by atoms with Gasteiger partial charge >= 0.3 is 5.97 Å². The summed E-state index contributed by atoms with van der Waals surface area (Å²) in [5.74, 6) is -1.87. The summed E-state index contributed by atoms with van der Waals surface area (Å²) in [6.45, 7) is 1.70. The van der Waals surface area contributed by atoms with E-state index in [9.17, 15) is 14.4 Å². The molecule has 6 nitrogen and oxygen atoms in total. The van der Waals surface area contributed by atoms with E-state index < -0.39 is 24.0 Å². The van der Waals surface area contributed by atoms with Gasteiger partial charge in [0, 0.05) is 23.6 Å². The minimum absolute atomic E-state index is 0.234. The Morgan fingerprint density at radius 2 is 1.85 bits per heavy atom. The number of nitrogens with one attached hydrogen (secondary N) is 1. The lowest BCUT2D eigenvalue weighted by atomic mass is 10.0. The van der Waals surface area contributed by atoms with Crippen molar-refractivity contribution in [2.24, 2.45) is 0 Å². The van der Waals surface area contributed by atoms with Crippen molar-refractivity contribution in [2.75, 3.05) is 0 Å². The lowest BCUT2D eigenvalue weighted by molar-refractivity contribution is -0.142. The Labute approximate surface area is 161 Å². The number of amides is 2. The van der Waals surface area contributed by atoms with E-state index in [-0.39, 0.29) is 12.3 Å². The number of carbonyl (C=O) groups is 3.